The number of carboxylic acids is 1. The molecule has 0 aliphatic heterocycles. The summed E-state index contributed by atoms with van der Waals surface area (Å²) < 4.78 is 32.9. The Morgan fingerprint density at radius 1 is 1.29 bits per heavy atom. The Hall–Kier alpha value is -2.37. The van der Waals surface area contributed by atoms with E-state index in [1.807, 2.05) is 6.07 Å². The first-order chi connectivity index (χ1) is 9.81. The fraction of sp³-hybridized carbons (Fsp3) is 0.267. The summed E-state index contributed by atoms with van der Waals surface area (Å²) in [5, 5.41) is 11.6. The Morgan fingerprint density at radius 3 is 2.48 bits per heavy atom. The summed E-state index contributed by atoms with van der Waals surface area (Å²) in [4.78, 5) is 10.7. The van der Waals surface area contributed by atoms with Crippen LogP contribution < -0.4 is 5.32 Å². The first kappa shape index (κ1) is 15.0. The number of carbonyl (C=O) groups is 1. The Labute approximate surface area is 120 Å². The quantitative estimate of drug-likeness (QED) is 0.893. The van der Waals surface area contributed by atoms with Crippen molar-refractivity contribution in [2.24, 2.45) is 0 Å². The van der Waals surface area contributed by atoms with Crippen LogP contribution in [0.5, 0.6) is 0 Å². The van der Waals surface area contributed by atoms with Crippen LogP contribution in [-0.4, -0.2) is 11.1 Å². The van der Waals surface area contributed by atoms with Crippen molar-refractivity contribution in [2.75, 3.05) is 5.32 Å². The van der Waals surface area contributed by atoms with Crippen molar-refractivity contribution in [1.82, 2.24) is 0 Å². The molecule has 0 bridgehead atoms. The molecule has 112 valence electrons. The topological polar surface area (TPSA) is 62.5 Å². The van der Waals surface area contributed by atoms with Gasteiger partial charge in [0.05, 0.1) is 17.3 Å². The maximum atomic E-state index is 13.9. The molecule has 4 nitrogen and oxygen atoms in total. The molecular weight excluding hydrogens is 280 g/mol. The number of aromatic carboxylic acids is 1. The van der Waals surface area contributed by atoms with Crippen LogP contribution in [0.25, 0.3) is 0 Å². The fourth-order valence-corrected chi connectivity index (χ4v) is 2.22. The van der Waals surface area contributed by atoms with Crippen LogP contribution in [0.2, 0.25) is 0 Å². The predicted molar refractivity (Wildman–Crippen MR) is 73.5 cm³/mol. The molecule has 1 unspecified atom stereocenters. The zero-order valence-corrected chi connectivity index (χ0v) is 11.8. The minimum Gasteiger partial charge on any atom is -0.478 e. The highest BCUT2D eigenvalue weighted by Gasteiger charge is 2.20. The van der Waals surface area contributed by atoms with Gasteiger partial charge in [-0.25, -0.2) is 13.6 Å². The smallest absolute Gasteiger partial charge is 0.338 e. The molecule has 0 saturated heterocycles. The van der Waals surface area contributed by atoms with Crippen LogP contribution in [0, 0.1) is 25.5 Å². The summed E-state index contributed by atoms with van der Waals surface area (Å²) >= 11 is 0. The second-order valence-electron chi connectivity index (χ2n) is 4.83. The number of hydrogen-bond acceptors (Lipinski definition) is 3. The molecule has 0 aliphatic carbocycles. The van der Waals surface area contributed by atoms with E-state index in [0.717, 1.165) is 17.4 Å². The lowest BCUT2D eigenvalue weighted by atomic mass is 10.1. The highest BCUT2D eigenvalue weighted by molar-refractivity contribution is 5.88. The molecule has 2 N–H and O–H groups in total. The first-order valence-corrected chi connectivity index (χ1v) is 6.36. The normalized spacial score (nSPS) is 12.2. The Kier molecular flexibility index (Phi) is 3.97. The average Bonchev–Trinajstić information content (AvgIpc) is 2.74. The van der Waals surface area contributed by atoms with Gasteiger partial charge in [-0.3, -0.25) is 0 Å². The monoisotopic (exact) mass is 295 g/mol. The van der Waals surface area contributed by atoms with E-state index in [2.05, 4.69) is 5.32 Å². The van der Waals surface area contributed by atoms with Crippen molar-refractivity contribution in [3.05, 3.63) is 52.5 Å². The van der Waals surface area contributed by atoms with Gasteiger partial charge < -0.3 is 14.8 Å². The van der Waals surface area contributed by atoms with Crippen molar-refractivity contribution >= 4 is 11.7 Å². The zero-order chi connectivity index (χ0) is 15.7. The molecular formula is C15H15F2NO3. The zero-order valence-electron chi connectivity index (χ0n) is 11.8. The molecule has 0 saturated carbocycles. The molecule has 0 spiro atoms. The van der Waals surface area contributed by atoms with Crippen molar-refractivity contribution in [3.63, 3.8) is 0 Å². The Balaban J connectivity index is 2.30. The maximum absolute atomic E-state index is 13.9. The largest absolute Gasteiger partial charge is 0.478 e. The van der Waals surface area contributed by atoms with E-state index in [-0.39, 0.29) is 11.7 Å². The number of aryl methyl sites for hydroxylation is 2. The van der Waals surface area contributed by atoms with Gasteiger partial charge >= 0.3 is 5.97 Å². The number of carboxylic acid groups (broad SMARTS) is 1. The number of halogens is 2. The van der Waals surface area contributed by atoms with Crippen molar-refractivity contribution in [1.29, 1.82) is 0 Å². The van der Waals surface area contributed by atoms with Crippen molar-refractivity contribution in [2.45, 2.75) is 26.8 Å². The molecule has 1 aromatic carbocycles. The number of nitrogens with one attached hydrogen (secondary N) is 1. The molecule has 0 radical (unpaired) electrons. The van der Waals surface area contributed by atoms with Gasteiger partial charge in [-0.1, -0.05) is 0 Å². The van der Waals surface area contributed by atoms with Crippen LogP contribution in [0.4, 0.5) is 14.5 Å². The molecule has 1 heterocycles. The molecule has 2 aromatic rings. The van der Waals surface area contributed by atoms with Crippen LogP contribution in [0.15, 0.2) is 22.6 Å². The van der Waals surface area contributed by atoms with Crippen LogP contribution in [-0.2, 0) is 0 Å². The molecule has 0 amide bonds. The van der Waals surface area contributed by atoms with E-state index in [9.17, 15) is 13.6 Å². The molecule has 1 aromatic heterocycles. The lowest BCUT2D eigenvalue weighted by molar-refractivity contribution is 0.0690. The fourth-order valence-electron chi connectivity index (χ4n) is 2.22. The summed E-state index contributed by atoms with van der Waals surface area (Å²) in [6.07, 6.45) is 0. The molecule has 1 atom stereocenters. The SMILES string of the molecule is Cc1cc(C(C)Nc2ccc(C(=O)O)c(F)c2F)c(C)o1. The molecule has 21 heavy (non-hydrogen) atoms. The number of hydrogen-bond donors (Lipinski definition) is 2. The first-order valence-electron chi connectivity index (χ1n) is 6.36. The number of rotatable bonds is 4. The summed E-state index contributed by atoms with van der Waals surface area (Å²) in [6.45, 7) is 5.36. The van der Waals surface area contributed by atoms with E-state index in [4.69, 9.17) is 9.52 Å². The van der Waals surface area contributed by atoms with Gasteiger partial charge in [0.25, 0.3) is 0 Å². The summed E-state index contributed by atoms with van der Waals surface area (Å²) in [6, 6.07) is 3.74. The van der Waals surface area contributed by atoms with Gasteiger partial charge in [0.2, 0.25) is 0 Å². The van der Waals surface area contributed by atoms with Crippen molar-refractivity contribution < 1.29 is 23.1 Å². The summed E-state index contributed by atoms with van der Waals surface area (Å²) in [7, 11) is 0. The van der Waals surface area contributed by atoms with E-state index in [1.54, 1.807) is 20.8 Å². The number of anilines is 1. The van der Waals surface area contributed by atoms with E-state index in [0.29, 0.717) is 5.76 Å². The van der Waals surface area contributed by atoms with Gasteiger partial charge in [0.1, 0.15) is 11.5 Å². The van der Waals surface area contributed by atoms with Crippen LogP contribution >= 0.6 is 0 Å². The lowest BCUT2D eigenvalue weighted by Gasteiger charge is -2.16. The van der Waals surface area contributed by atoms with Gasteiger partial charge in [-0.2, -0.15) is 0 Å². The number of benzene rings is 1. The van der Waals surface area contributed by atoms with E-state index >= 15 is 0 Å². The van der Waals surface area contributed by atoms with Crippen molar-refractivity contribution in [3.8, 4) is 0 Å². The third-order valence-corrected chi connectivity index (χ3v) is 3.23. The van der Waals surface area contributed by atoms with Gasteiger partial charge in [0.15, 0.2) is 11.6 Å². The molecule has 2 rings (SSSR count). The average molecular weight is 295 g/mol. The van der Waals surface area contributed by atoms with Gasteiger partial charge in [0, 0.05) is 5.56 Å². The second-order valence-corrected chi connectivity index (χ2v) is 4.83. The maximum Gasteiger partial charge on any atom is 0.338 e. The van der Waals surface area contributed by atoms with E-state index < -0.39 is 23.2 Å². The predicted octanol–water partition coefficient (Wildman–Crippen LogP) is 4.05. The standard InChI is InChI=1S/C15H15F2NO3/c1-7-6-11(9(3)21-7)8(2)18-12-5-4-10(15(19)20)13(16)14(12)17/h4-6,8,18H,1-3H3,(H,19,20). The Bertz CT molecular complexity index is 694. The highest BCUT2D eigenvalue weighted by Crippen LogP contribution is 2.28. The third kappa shape index (κ3) is 2.89. The number of furan rings is 1. The van der Waals surface area contributed by atoms with Gasteiger partial charge in [-0.15, -0.1) is 0 Å². The lowest BCUT2D eigenvalue weighted by Crippen LogP contribution is -2.11. The van der Waals surface area contributed by atoms with Crippen LogP contribution in [0.3, 0.4) is 0 Å². The highest BCUT2D eigenvalue weighted by atomic mass is 19.2. The van der Waals surface area contributed by atoms with Crippen LogP contribution in [0.1, 0.15) is 40.4 Å². The second kappa shape index (κ2) is 5.55. The molecule has 0 fully saturated rings. The minimum absolute atomic E-state index is 0.0942. The summed E-state index contributed by atoms with van der Waals surface area (Å²) in [5.41, 5.74) is 0.0407. The summed E-state index contributed by atoms with van der Waals surface area (Å²) in [5.74, 6) is -2.67. The Morgan fingerprint density at radius 2 is 1.95 bits per heavy atom. The van der Waals surface area contributed by atoms with E-state index in [1.165, 1.54) is 6.07 Å². The molecule has 0 aliphatic rings. The minimum atomic E-state index is -1.51. The van der Waals surface area contributed by atoms with Gasteiger partial charge in [-0.05, 0) is 39.0 Å². The molecule has 6 heteroatoms. The third-order valence-electron chi connectivity index (χ3n) is 3.23.